The van der Waals surface area contributed by atoms with Gasteiger partial charge in [0.05, 0.1) is 12.2 Å². The molecule has 0 aliphatic carbocycles. The fraction of sp³-hybridized carbons (Fsp3) is 0.167. The van der Waals surface area contributed by atoms with E-state index >= 15 is 0 Å². The molecule has 5 aromatic rings. The zero-order chi connectivity index (χ0) is 21.8. The maximum absolute atomic E-state index is 4.79. The number of aromatic nitrogens is 8. The molecule has 158 valence electrons. The van der Waals surface area contributed by atoms with Gasteiger partial charge in [-0.3, -0.25) is 4.98 Å². The highest BCUT2D eigenvalue weighted by molar-refractivity contribution is 5.76. The van der Waals surface area contributed by atoms with Crippen molar-refractivity contribution in [3.8, 4) is 34.0 Å². The van der Waals surface area contributed by atoms with Gasteiger partial charge < -0.3 is 0 Å². The normalized spacial score (nSPS) is 11.0. The number of hydrogen-bond donors (Lipinski definition) is 1. The van der Waals surface area contributed by atoms with Gasteiger partial charge in [-0.25, -0.2) is 14.8 Å². The summed E-state index contributed by atoms with van der Waals surface area (Å²) in [5.41, 5.74) is 4.87. The number of rotatable bonds is 7. The van der Waals surface area contributed by atoms with Crippen molar-refractivity contribution in [3.63, 3.8) is 0 Å². The minimum Gasteiger partial charge on any atom is -0.255 e. The van der Waals surface area contributed by atoms with Gasteiger partial charge in [0.1, 0.15) is 5.82 Å². The standard InChI is InChI=1S/C24H22N8/c1-2-7-21-26-23(19-8-4-3-5-9-19)29-32(21)16-17-11-13-18(14-12-17)22-20(10-6-15-25-22)24-27-30-31-28-24/h3-6,8-15H,2,7,16H2,1H3,(H,27,28,30,31). The van der Waals surface area contributed by atoms with Crippen molar-refractivity contribution in [2.24, 2.45) is 0 Å². The Morgan fingerprint density at radius 2 is 1.75 bits per heavy atom. The summed E-state index contributed by atoms with van der Waals surface area (Å²) in [6.45, 7) is 2.82. The predicted octanol–water partition coefficient (Wildman–Crippen LogP) is 4.19. The van der Waals surface area contributed by atoms with Gasteiger partial charge in [-0.2, -0.15) is 5.10 Å². The fourth-order valence-corrected chi connectivity index (χ4v) is 3.66. The summed E-state index contributed by atoms with van der Waals surface area (Å²) in [7, 11) is 0. The van der Waals surface area contributed by atoms with Crippen LogP contribution in [-0.4, -0.2) is 40.4 Å². The fourth-order valence-electron chi connectivity index (χ4n) is 3.66. The molecule has 5 rings (SSSR count). The summed E-state index contributed by atoms with van der Waals surface area (Å²) >= 11 is 0. The maximum Gasteiger partial charge on any atom is 0.181 e. The molecular formula is C24H22N8. The monoisotopic (exact) mass is 422 g/mol. The molecule has 2 aromatic carbocycles. The molecule has 0 atom stereocenters. The van der Waals surface area contributed by atoms with Crippen LogP contribution in [0.25, 0.3) is 34.0 Å². The Bertz CT molecular complexity index is 1290. The molecule has 0 saturated heterocycles. The molecule has 0 saturated carbocycles. The minimum atomic E-state index is 0.595. The number of aromatic amines is 1. The first-order valence-corrected chi connectivity index (χ1v) is 10.6. The smallest absolute Gasteiger partial charge is 0.181 e. The molecule has 0 fully saturated rings. The van der Waals surface area contributed by atoms with Crippen LogP contribution in [0.2, 0.25) is 0 Å². The Hall–Kier alpha value is -4.20. The molecule has 32 heavy (non-hydrogen) atoms. The molecule has 0 unspecified atom stereocenters. The zero-order valence-electron chi connectivity index (χ0n) is 17.7. The van der Waals surface area contributed by atoms with Gasteiger partial charge in [0.15, 0.2) is 11.6 Å². The molecule has 1 N–H and O–H groups in total. The highest BCUT2D eigenvalue weighted by Crippen LogP contribution is 2.27. The molecule has 8 heteroatoms. The molecule has 0 spiro atoms. The summed E-state index contributed by atoms with van der Waals surface area (Å²) in [6.07, 6.45) is 3.68. The number of nitrogens with one attached hydrogen (secondary N) is 1. The largest absolute Gasteiger partial charge is 0.255 e. The summed E-state index contributed by atoms with van der Waals surface area (Å²) in [5.74, 6) is 2.36. The second-order valence-electron chi connectivity index (χ2n) is 7.47. The summed E-state index contributed by atoms with van der Waals surface area (Å²) in [4.78, 5) is 9.34. The van der Waals surface area contributed by atoms with Crippen molar-refractivity contribution in [2.75, 3.05) is 0 Å². The first kappa shape index (κ1) is 19.7. The van der Waals surface area contributed by atoms with Crippen LogP contribution in [0.15, 0.2) is 72.9 Å². The quantitative estimate of drug-likeness (QED) is 0.422. The molecule has 0 aliphatic rings. The van der Waals surface area contributed by atoms with E-state index in [0.29, 0.717) is 12.4 Å². The number of pyridine rings is 1. The third-order valence-electron chi connectivity index (χ3n) is 5.22. The second-order valence-corrected chi connectivity index (χ2v) is 7.47. The van der Waals surface area contributed by atoms with Crippen molar-refractivity contribution in [1.29, 1.82) is 0 Å². The van der Waals surface area contributed by atoms with Crippen LogP contribution in [0.4, 0.5) is 0 Å². The van der Waals surface area contributed by atoms with Crippen LogP contribution in [0, 0.1) is 0 Å². The molecule has 3 aromatic heterocycles. The Morgan fingerprint density at radius 1 is 0.906 bits per heavy atom. The van der Waals surface area contributed by atoms with E-state index in [-0.39, 0.29) is 0 Å². The van der Waals surface area contributed by atoms with E-state index in [1.807, 2.05) is 47.1 Å². The van der Waals surface area contributed by atoms with Gasteiger partial charge in [-0.1, -0.05) is 61.5 Å². The van der Waals surface area contributed by atoms with Crippen molar-refractivity contribution in [1.82, 2.24) is 40.4 Å². The maximum atomic E-state index is 4.79. The van der Waals surface area contributed by atoms with Crippen LogP contribution in [0.5, 0.6) is 0 Å². The summed E-state index contributed by atoms with van der Waals surface area (Å²) in [6, 6.07) is 22.3. The van der Waals surface area contributed by atoms with Gasteiger partial charge in [-0.05, 0) is 34.5 Å². The van der Waals surface area contributed by atoms with Crippen LogP contribution < -0.4 is 0 Å². The van der Waals surface area contributed by atoms with E-state index in [9.17, 15) is 0 Å². The van der Waals surface area contributed by atoms with Crippen LogP contribution in [0.3, 0.4) is 0 Å². The van der Waals surface area contributed by atoms with Crippen molar-refractivity contribution in [3.05, 3.63) is 84.3 Å². The van der Waals surface area contributed by atoms with Crippen LogP contribution in [0.1, 0.15) is 24.7 Å². The van der Waals surface area contributed by atoms with E-state index in [1.54, 1.807) is 6.20 Å². The van der Waals surface area contributed by atoms with E-state index in [1.165, 1.54) is 0 Å². The number of nitrogens with zero attached hydrogens (tertiary/aromatic N) is 7. The molecule has 0 amide bonds. The first-order chi connectivity index (χ1) is 15.8. The number of H-pyrrole nitrogens is 1. The summed E-state index contributed by atoms with van der Waals surface area (Å²) < 4.78 is 2.01. The Balaban J connectivity index is 1.42. The van der Waals surface area contributed by atoms with E-state index in [2.05, 4.69) is 56.8 Å². The highest BCUT2D eigenvalue weighted by atomic mass is 15.5. The Labute approximate surface area is 185 Å². The van der Waals surface area contributed by atoms with Gasteiger partial charge in [-0.15, -0.1) is 5.10 Å². The van der Waals surface area contributed by atoms with E-state index < -0.39 is 0 Å². The van der Waals surface area contributed by atoms with Gasteiger partial charge >= 0.3 is 0 Å². The van der Waals surface area contributed by atoms with Crippen LogP contribution >= 0.6 is 0 Å². The minimum absolute atomic E-state index is 0.595. The third-order valence-corrected chi connectivity index (χ3v) is 5.22. The Morgan fingerprint density at radius 3 is 2.50 bits per heavy atom. The van der Waals surface area contributed by atoms with Crippen molar-refractivity contribution >= 4 is 0 Å². The van der Waals surface area contributed by atoms with E-state index in [0.717, 1.165) is 52.4 Å². The number of tetrazole rings is 1. The van der Waals surface area contributed by atoms with Gasteiger partial charge in [0.25, 0.3) is 0 Å². The lowest BCUT2D eigenvalue weighted by molar-refractivity contribution is 0.630. The second kappa shape index (κ2) is 8.89. The van der Waals surface area contributed by atoms with Gasteiger partial charge in [0, 0.05) is 29.3 Å². The first-order valence-electron chi connectivity index (χ1n) is 10.6. The predicted molar refractivity (Wildman–Crippen MR) is 121 cm³/mol. The van der Waals surface area contributed by atoms with Crippen LogP contribution in [-0.2, 0) is 13.0 Å². The topological polar surface area (TPSA) is 98.1 Å². The number of benzene rings is 2. The third kappa shape index (κ3) is 4.02. The van der Waals surface area contributed by atoms with Gasteiger partial charge in [0.2, 0.25) is 0 Å². The number of hydrogen-bond acceptors (Lipinski definition) is 6. The SMILES string of the molecule is CCCc1nc(-c2ccccc2)nn1Cc1ccc(-c2ncccc2-c2nnn[nH]2)cc1. The average Bonchev–Trinajstić information content (AvgIpc) is 3.51. The zero-order valence-corrected chi connectivity index (χ0v) is 17.7. The molecule has 0 aliphatic heterocycles. The number of aryl methyl sites for hydroxylation is 1. The molecule has 0 radical (unpaired) electrons. The molecular weight excluding hydrogens is 400 g/mol. The lowest BCUT2D eigenvalue weighted by atomic mass is 10.0. The van der Waals surface area contributed by atoms with Crippen molar-refractivity contribution < 1.29 is 0 Å². The lowest BCUT2D eigenvalue weighted by Crippen LogP contribution is -2.07. The highest BCUT2D eigenvalue weighted by Gasteiger charge is 2.13. The summed E-state index contributed by atoms with van der Waals surface area (Å²) in [5, 5.41) is 19.0. The average molecular weight is 422 g/mol. The Kier molecular flexibility index (Phi) is 5.48. The molecule has 8 nitrogen and oxygen atoms in total. The van der Waals surface area contributed by atoms with Crippen molar-refractivity contribution in [2.45, 2.75) is 26.3 Å². The lowest BCUT2D eigenvalue weighted by Gasteiger charge is -2.08. The van der Waals surface area contributed by atoms with E-state index in [4.69, 9.17) is 10.1 Å². The molecule has 3 heterocycles. The molecule has 0 bridgehead atoms.